The van der Waals surface area contributed by atoms with E-state index in [4.69, 9.17) is 6.42 Å². The van der Waals surface area contributed by atoms with Crippen LogP contribution in [0.5, 0.6) is 0 Å². The number of fused-ring (bicyclic) bond motifs is 1. The summed E-state index contributed by atoms with van der Waals surface area (Å²) >= 11 is 0. The Balaban J connectivity index is 2.22. The number of aryl methyl sites for hydroxylation is 1. The van der Waals surface area contributed by atoms with E-state index >= 15 is 0 Å². The maximum Gasteiger partial charge on any atom is 0.264 e. The molecule has 0 atom stereocenters. The van der Waals surface area contributed by atoms with Crippen LogP contribution in [-0.4, -0.2) is 32.4 Å². The Bertz CT molecular complexity index is 619. The molecule has 6 nitrogen and oxygen atoms in total. The first kappa shape index (κ1) is 11.4. The van der Waals surface area contributed by atoms with Crippen molar-refractivity contribution in [2.45, 2.75) is 6.54 Å². The largest absolute Gasteiger partial charge is 0.304 e. The molecule has 6 heteroatoms. The van der Waals surface area contributed by atoms with E-state index in [1.165, 1.54) is 12.5 Å². The molecule has 0 fully saturated rings. The number of nitrogens with one attached hydrogen (secondary N) is 1. The first-order chi connectivity index (χ1) is 8.24. The van der Waals surface area contributed by atoms with Gasteiger partial charge in [-0.1, -0.05) is 5.92 Å². The molecule has 17 heavy (non-hydrogen) atoms. The molecule has 0 aliphatic rings. The van der Waals surface area contributed by atoms with Crippen molar-refractivity contribution in [3.63, 3.8) is 0 Å². The fourth-order valence-electron chi connectivity index (χ4n) is 1.59. The van der Waals surface area contributed by atoms with Crippen LogP contribution in [0.2, 0.25) is 0 Å². The molecule has 0 radical (unpaired) electrons. The predicted molar refractivity (Wildman–Crippen MR) is 64.5 cm³/mol. The standard InChI is InChI=1S/C11H13N5O/c1-3-4-12-5-6-16-8-13-10-9(11(16)17)7-14-15(10)2/h1,7-8,12H,4-6H2,2H3. The molecular formula is C11H13N5O. The van der Waals surface area contributed by atoms with E-state index in [1.807, 2.05) is 0 Å². The number of nitrogens with zero attached hydrogens (tertiary/aromatic N) is 4. The molecule has 0 unspecified atom stereocenters. The first-order valence-corrected chi connectivity index (χ1v) is 5.25. The second-order valence-electron chi connectivity index (χ2n) is 3.63. The summed E-state index contributed by atoms with van der Waals surface area (Å²) in [4.78, 5) is 16.2. The third kappa shape index (κ3) is 2.19. The smallest absolute Gasteiger partial charge is 0.264 e. The normalized spacial score (nSPS) is 10.6. The molecule has 0 aliphatic carbocycles. The van der Waals surface area contributed by atoms with Crippen molar-refractivity contribution in [1.29, 1.82) is 0 Å². The van der Waals surface area contributed by atoms with Crippen molar-refractivity contribution < 1.29 is 0 Å². The van der Waals surface area contributed by atoms with Crippen LogP contribution in [0.1, 0.15) is 0 Å². The second-order valence-corrected chi connectivity index (χ2v) is 3.63. The molecule has 2 aromatic rings. The van der Waals surface area contributed by atoms with Gasteiger partial charge in [0, 0.05) is 20.1 Å². The quantitative estimate of drug-likeness (QED) is 0.561. The summed E-state index contributed by atoms with van der Waals surface area (Å²) < 4.78 is 3.13. The molecule has 0 aliphatic heterocycles. The van der Waals surface area contributed by atoms with Crippen LogP contribution < -0.4 is 10.9 Å². The highest BCUT2D eigenvalue weighted by molar-refractivity contribution is 5.72. The molecule has 2 heterocycles. The van der Waals surface area contributed by atoms with E-state index in [-0.39, 0.29) is 5.56 Å². The summed E-state index contributed by atoms with van der Waals surface area (Å²) in [7, 11) is 1.76. The summed E-state index contributed by atoms with van der Waals surface area (Å²) in [6.45, 7) is 1.67. The molecule has 2 aromatic heterocycles. The lowest BCUT2D eigenvalue weighted by molar-refractivity contribution is 0.607. The Morgan fingerprint density at radius 3 is 3.18 bits per heavy atom. The molecular weight excluding hydrogens is 218 g/mol. The van der Waals surface area contributed by atoms with Crippen molar-refractivity contribution >= 4 is 11.0 Å². The van der Waals surface area contributed by atoms with Crippen molar-refractivity contribution in [3.8, 4) is 12.3 Å². The second kappa shape index (κ2) is 4.80. The summed E-state index contributed by atoms with van der Waals surface area (Å²) in [6.07, 6.45) is 8.18. The van der Waals surface area contributed by atoms with Crippen LogP contribution in [0.15, 0.2) is 17.3 Å². The zero-order valence-corrected chi connectivity index (χ0v) is 9.55. The van der Waals surface area contributed by atoms with Gasteiger partial charge in [0.05, 0.1) is 12.7 Å². The molecule has 0 amide bonds. The number of hydrogen-bond donors (Lipinski definition) is 1. The Morgan fingerprint density at radius 1 is 1.59 bits per heavy atom. The van der Waals surface area contributed by atoms with E-state index in [0.717, 1.165) is 0 Å². The van der Waals surface area contributed by atoms with Crippen LogP contribution in [0.3, 0.4) is 0 Å². The van der Waals surface area contributed by atoms with Crippen molar-refractivity contribution in [3.05, 3.63) is 22.9 Å². The third-order valence-electron chi connectivity index (χ3n) is 2.47. The van der Waals surface area contributed by atoms with Crippen molar-refractivity contribution in [2.75, 3.05) is 13.1 Å². The van der Waals surface area contributed by atoms with Gasteiger partial charge in [0.25, 0.3) is 5.56 Å². The van der Waals surface area contributed by atoms with Crippen LogP contribution >= 0.6 is 0 Å². The van der Waals surface area contributed by atoms with Gasteiger partial charge in [-0.3, -0.25) is 14.0 Å². The lowest BCUT2D eigenvalue weighted by Gasteiger charge is -2.05. The minimum atomic E-state index is -0.0781. The average molecular weight is 231 g/mol. The highest BCUT2D eigenvalue weighted by Crippen LogP contribution is 2.02. The Hall–Kier alpha value is -2.13. The SMILES string of the molecule is C#CCNCCn1cnc2c(cnn2C)c1=O. The predicted octanol–water partition coefficient (Wildman–Crippen LogP) is -0.647. The average Bonchev–Trinajstić information content (AvgIpc) is 2.70. The Morgan fingerprint density at radius 2 is 2.41 bits per heavy atom. The number of rotatable bonds is 4. The van der Waals surface area contributed by atoms with Gasteiger partial charge in [-0.05, 0) is 0 Å². The van der Waals surface area contributed by atoms with Crippen LogP contribution in [0.25, 0.3) is 11.0 Å². The van der Waals surface area contributed by atoms with Crippen LogP contribution in [0.4, 0.5) is 0 Å². The van der Waals surface area contributed by atoms with Gasteiger partial charge in [-0.2, -0.15) is 5.10 Å². The Kier molecular flexibility index (Phi) is 3.21. The summed E-state index contributed by atoms with van der Waals surface area (Å²) in [5, 5.41) is 7.56. The number of terminal acetylenes is 1. The Labute approximate surface area is 98.3 Å². The van der Waals surface area contributed by atoms with E-state index in [1.54, 1.807) is 16.3 Å². The fourth-order valence-corrected chi connectivity index (χ4v) is 1.59. The lowest BCUT2D eigenvalue weighted by atomic mass is 10.4. The van der Waals surface area contributed by atoms with Crippen LogP contribution in [0, 0.1) is 12.3 Å². The van der Waals surface area contributed by atoms with Gasteiger partial charge in [0.15, 0.2) is 5.65 Å². The van der Waals surface area contributed by atoms with Gasteiger partial charge >= 0.3 is 0 Å². The first-order valence-electron chi connectivity index (χ1n) is 5.25. The van der Waals surface area contributed by atoms with Gasteiger partial charge in [0.2, 0.25) is 0 Å². The van der Waals surface area contributed by atoms with E-state index < -0.39 is 0 Å². The molecule has 0 saturated carbocycles. The van der Waals surface area contributed by atoms with Crippen LogP contribution in [-0.2, 0) is 13.6 Å². The molecule has 1 N–H and O–H groups in total. The summed E-state index contributed by atoms with van der Waals surface area (Å²) in [6, 6.07) is 0. The number of hydrogen-bond acceptors (Lipinski definition) is 4. The maximum absolute atomic E-state index is 12.0. The van der Waals surface area contributed by atoms with Crippen molar-refractivity contribution in [2.24, 2.45) is 7.05 Å². The third-order valence-corrected chi connectivity index (χ3v) is 2.47. The molecule has 2 rings (SSSR count). The summed E-state index contributed by atoms with van der Waals surface area (Å²) in [5.41, 5.74) is 0.522. The van der Waals surface area contributed by atoms with Crippen molar-refractivity contribution in [1.82, 2.24) is 24.6 Å². The molecule has 0 bridgehead atoms. The molecule has 0 aromatic carbocycles. The highest BCUT2D eigenvalue weighted by Gasteiger charge is 2.07. The molecule has 88 valence electrons. The van der Waals surface area contributed by atoms with Gasteiger partial charge in [-0.25, -0.2) is 4.98 Å². The monoisotopic (exact) mass is 231 g/mol. The lowest BCUT2D eigenvalue weighted by Crippen LogP contribution is -2.27. The van der Waals surface area contributed by atoms with E-state index in [0.29, 0.717) is 30.7 Å². The number of aromatic nitrogens is 4. The van der Waals surface area contributed by atoms with E-state index in [2.05, 4.69) is 21.3 Å². The zero-order chi connectivity index (χ0) is 12.3. The maximum atomic E-state index is 12.0. The van der Waals surface area contributed by atoms with Gasteiger partial charge < -0.3 is 5.32 Å². The highest BCUT2D eigenvalue weighted by atomic mass is 16.1. The van der Waals surface area contributed by atoms with Gasteiger partial charge in [-0.15, -0.1) is 6.42 Å². The molecule has 0 saturated heterocycles. The topological polar surface area (TPSA) is 64.7 Å². The van der Waals surface area contributed by atoms with Gasteiger partial charge in [0.1, 0.15) is 11.7 Å². The zero-order valence-electron chi connectivity index (χ0n) is 9.55. The van der Waals surface area contributed by atoms with E-state index in [9.17, 15) is 4.79 Å². The minimum Gasteiger partial charge on any atom is -0.304 e. The molecule has 0 spiro atoms. The minimum absolute atomic E-state index is 0.0781. The fraction of sp³-hybridized carbons (Fsp3) is 0.364. The summed E-state index contributed by atoms with van der Waals surface area (Å²) in [5.74, 6) is 2.47.